The van der Waals surface area contributed by atoms with Crippen molar-refractivity contribution in [1.82, 2.24) is 0 Å². The van der Waals surface area contributed by atoms with Crippen LogP contribution in [0.4, 0.5) is 0 Å². The quantitative estimate of drug-likeness (QED) is 0.472. The molecule has 5 rings (SSSR count). The van der Waals surface area contributed by atoms with Crippen molar-refractivity contribution in [2.45, 2.75) is 72.3 Å². The predicted octanol–water partition coefficient (Wildman–Crippen LogP) is 4.90. The maximum Gasteiger partial charge on any atom is 0.190 e. The normalized spacial score (nSPS) is 36.0. The number of benzene rings is 2. The van der Waals surface area contributed by atoms with Crippen LogP contribution in [0.3, 0.4) is 0 Å². The third-order valence-corrected chi connectivity index (χ3v) is 11.3. The van der Waals surface area contributed by atoms with Crippen molar-refractivity contribution in [3.8, 4) is 5.75 Å². The number of rotatable bonds is 6. The van der Waals surface area contributed by atoms with Gasteiger partial charge in [0.25, 0.3) is 0 Å². The molecule has 42 heavy (non-hydrogen) atoms. The molecule has 3 aliphatic carbocycles. The smallest absolute Gasteiger partial charge is 0.190 e. The highest BCUT2D eigenvalue weighted by Crippen LogP contribution is 2.69. The van der Waals surface area contributed by atoms with E-state index in [4.69, 9.17) is 0 Å². The SMILES string of the molecule is CC(=O)C1C(=O)C(C(C)C)[C@@]2(C)[C@H](C)[C@]3(C)C(C(=O)c4c(O)cccc4[C@H]3CCCc3ccccc3)C(=O)[C@@]2(O)C1=O. The molecule has 0 aromatic heterocycles. The van der Waals surface area contributed by atoms with Gasteiger partial charge in [0.1, 0.15) is 17.5 Å². The summed E-state index contributed by atoms with van der Waals surface area (Å²) in [5, 5.41) is 23.3. The first-order chi connectivity index (χ1) is 19.7. The zero-order chi connectivity index (χ0) is 30.9. The Balaban J connectivity index is 1.73. The number of ketones is 5. The molecule has 0 amide bonds. The fourth-order valence-electron chi connectivity index (χ4n) is 9.19. The number of aliphatic hydroxyl groups is 1. The summed E-state index contributed by atoms with van der Waals surface area (Å²) in [5.74, 6) is -9.93. The molecule has 0 aliphatic heterocycles. The molecule has 0 spiro atoms. The van der Waals surface area contributed by atoms with E-state index in [1.54, 1.807) is 26.8 Å². The maximum atomic E-state index is 14.7. The Labute approximate surface area is 246 Å². The number of Topliss-reactive ketones (excluding diaryl/α,β-unsaturated/α-hetero) is 5. The van der Waals surface area contributed by atoms with Gasteiger partial charge in [0, 0.05) is 11.3 Å². The summed E-state index contributed by atoms with van der Waals surface area (Å²) >= 11 is 0. The van der Waals surface area contributed by atoms with Crippen LogP contribution in [0.1, 0.15) is 81.8 Å². The summed E-state index contributed by atoms with van der Waals surface area (Å²) in [5.41, 5.74) is -3.56. The van der Waals surface area contributed by atoms with E-state index >= 15 is 0 Å². The molecule has 2 aromatic carbocycles. The molecule has 8 atom stereocenters. The standard InChI is InChI=1S/C35H40O7/c1-18(2)27-29(38)25(19(3)36)31(40)35(42)32(41)28-30(39)26-22(15-11-17-24(26)37)23(33(28,5)20(4)34(27,35)6)16-10-14-21-12-8-7-9-13-21/h7-9,11-13,15,17-18,20,23,25,27-28,37,42H,10,14,16H2,1-6H3/t20-,23-,25?,27?,28?,33+,34-,35+/m1/s1. The second-order valence-corrected chi connectivity index (χ2v) is 13.4. The van der Waals surface area contributed by atoms with Gasteiger partial charge in [-0.3, -0.25) is 24.0 Å². The van der Waals surface area contributed by atoms with Crippen LogP contribution >= 0.6 is 0 Å². The number of carbonyl (C=O) groups is 5. The van der Waals surface area contributed by atoms with Gasteiger partial charge < -0.3 is 10.2 Å². The molecule has 3 unspecified atom stereocenters. The highest BCUT2D eigenvalue weighted by molar-refractivity contribution is 6.32. The van der Waals surface area contributed by atoms with Gasteiger partial charge in [0.05, 0.1) is 11.5 Å². The summed E-state index contributed by atoms with van der Waals surface area (Å²) in [6.07, 6.45) is 2.05. The molecule has 0 saturated heterocycles. The molecule has 7 nitrogen and oxygen atoms in total. The first kappa shape index (κ1) is 30.0. The van der Waals surface area contributed by atoms with Gasteiger partial charge >= 0.3 is 0 Å². The van der Waals surface area contributed by atoms with Crippen molar-refractivity contribution >= 4 is 28.9 Å². The molecule has 2 fully saturated rings. The first-order valence-electron chi connectivity index (χ1n) is 14.9. The van der Waals surface area contributed by atoms with Crippen LogP contribution in [0.5, 0.6) is 5.75 Å². The van der Waals surface area contributed by atoms with Crippen molar-refractivity contribution in [2.24, 2.45) is 40.4 Å². The molecule has 2 aromatic rings. The van der Waals surface area contributed by atoms with Gasteiger partial charge in [-0.25, -0.2) is 0 Å². The van der Waals surface area contributed by atoms with Gasteiger partial charge in [-0.05, 0) is 66.5 Å². The van der Waals surface area contributed by atoms with Crippen LogP contribution in [0.2, 0.25) is 0 Å². The Morgan fingerprint density at radius 2 is 1.60 bits per heavy atom. The number of phenolic OH excluding ortho intramolecular Hbond substituents is 1. The summed E-state index contributed by atoms with van der Waals surface area (Å²) in [6, 6.07) is 14.9. The Bertz CT molecular complexity index is 1490. The number of aromatic hydroxyl groups is 1. The molecule has 0 bridgehead atoms. The van der Waals surface area contributed by atoms with E-state index in [0.717, 1.165) is 25.3 Å². The summed E-state index contributed by atoms with van der Waals surface area (Å²) in [7, 11) is 0. The molecule has 3 aliphatic rings. The lowest BCUT2D eigenvalue weighted by molar-refractivity contribution is -0.223. The number of phenols is 1. The topological polar surface area (TPSA) is 126 Å². The maximum absolute atomic E-state index is 14.7. The van der Waals surface area contributed by atoms with E-state index in [0.29, 0.717) is 12.0 Å². The molecule has 2 N–H and O–H groups in total. The average molecular weight is 573 g/mol. The molecule has 222 valence electrons. The zero-order valence-corrected chi connectivity index (χ0v) is 25.1. The van der Waals surface area contributed by atoms with Crippen LogP contribution in [0.15, 0.2) is 48.5 Å². The second kappa shape index (κ2) is 10.1. The molecule has 2 saturated carbocycles. The first-order valence-corrected chi connectivity index (χ1v) is 14.9. The zero-order valence-electron chi connectivity index (χ0n) is 25.1. The Morgan fingerprint density at radius 3 is 2.19 bits per heavy atom. The van der Waals surface area contributed by atoms with Gasteiger partial charge in [0.15, 0.2) is 28.7 Å². The van der Waals surface area contributed by atoms with Crippen LogP contribution in [0.25, 0.3) is 0 Å². The summed E-state index contributed by atoms with van der Waals surface area (Å²) in [6.45, 7) is 10.0. The molecule has 0 heterocycles. The minimum atomic E-state index is -2.72. The van der Waals surface area contributed by atoms with E-state index < -0.39 is 80.9 Å². The van der Waals surface area contributed by atoms with Crippen molar-refractivity contribution in [2.75, 3.05) is 0 Å². The van der Waals surface area contributed by atoms with Crippen LogP contribution < -0.4 is 0 Å². The molecule has 7 heteroatoms. The van der Waals surface area contributed by atoms with Crippen molar-refractivity contribution in [1.29, 1.82) is 0 Å². The summed E-state index contributed by atoms with van der Waals surface area (Å²) in [4.78, 5) is 69.5. The minimum Gasteiger partial charge on any atom is -0.507 e. The van der Waals surface area contributed by atoms with Crippen LogP contribution in [0, 0.1) is 40.4 Å². The molecular weight excluding hydrogens is 532 g/mol. The van der Waals surface area contributed by atoms with E-state index in [1.807, 2.05) is 50.2 Å². The monoisotopic (exact) mass is 572 g/mol. The van der Waals surface area contributed by atoms with E-state index in [-0.39, 0.29) is 11.3 Å². The molecular formula is C35H40O7. The van der Waals surface area contributed by atoms with Gasteiger partial charge in [-0.1, -0.05) is 77.1 Å². The third kappa shape index (κ3) is 3.71. The fraction of sp³-hybridized carbons (Fsp3) is 0.514. The number of hydrogen-bond acceptors (Lipinski definition) is 7. The van der Waals surface area contributed by atoms with Crippen LogP contribution in [-0.2, 0) is 25.6 Å². The van der Waals surface area contributed by atoms with E-state index in [1.165, 1.54) is 6.07 Å². The Morgan fingerprint density at radius 1 is 0.952 bits per heavy atom. The lowest BCUT2D eigenvalue weighted by atomic mass is 9.34. The third-order valence-electron chi connectivity index (χ3n) is 11.3. The predicted molar refractivity (Wildman–Crippen MR) is 156 cm³/mol. The summed E-state index contributed by atoms with van der Waals surface area (Å²) < 4.78 is 0. The Hall–Kier alpha value is -3.45. The van der Waals surface area contributed by atoms with E-state index in [2.05, 4.69) is 0 Å². The number of aryl methyl sites for hydroxylation is 1. The number of fused-ring (bicyclic) bond motifs is 3. The van der Waals surface area contributed by atoms with Crippen molar-refractivity contribution in [3.05, 3.63) is 65.2 Å². The highest BCUT2D eigenvalue weighted by Gasteiger charge is 2.79. The lowest BCUT2D eigenvalue weighted by Crippen LogP contribution is -2.79. The Kier molecular flexibility index (Phi) is 7.20. The second-order valence-electron chi connectivity index (χ2n) is 13.4. The highest BCUT2D eigenvalue weighted by atomic mass is 16.3. The molecule has 0 radical (unpaired) electrons. The van der Waals surface area contributed by atoms with E-state index in [9.17, 15) is 34.2 Å². The van der Waals surface area contributed by atoms with Gasteiger partial charge in [0.2, 0.25) is 0 Å². The van der Waals surface area contributed by atoms with Gasteiger partial charge in [-0.15, -0.1) is 0 Å². The van der Waals surface area contributed by atoms with Gasteiger partial charge in [-0.2, -0.15) is 0 Å². The van der Waals surface area contributed by atoms with Crippen molar-refractivity contribution < 1.29 is 34.2 Å². The minimum absolute atomic E-state index is 0.0419. The van der Waals surface area contributed by atoms with Crippen molar-refractivity contribution in [3.63, 3.8) is 0 Å². The lowest BCUT2D eigenvalue weighted by Gasteiger charge is -2.67. The number of carbonyl (C=O) groups excluding carboxylic acids is 5. The largest absolute Gasteiger partial charge is 0.507 e. The number of hydrogen-bond donors (Lipinski definition) is 2. The van der Waals surface area contributed by atoms with Crippen LogP contribution in [-0.4, -0.2) is 44.7 Å². The average Bonchev–Trinajstić information content (AvgIpc) is 2.92. The fourth-order valence-corrected chi connectivity index (χ4v) is 9.19.